The van der Waals surface area contributed by atoms with Crippen molar-refractivity contribution >= 4 is 27.9 Å². The second-order valence-corrected chi connectivity index (χ2v) is 9.88. The van der Waals surface area contributed by atoms with Gasteiger partial charge in [-0.2, -0.15) is 0 Å². The van der Waals surface area contributed by atoms with Crippen molar-refractivity contribution in [2.45, 2.75) is 23.7 Å². The van der Waals surface area contributed by atoms with Crippen LogP contribution in [0.15, 0.2) is 23.6 Å². The van der Waals surface area contributed by atoms with Crippen molar-refractivity contribution in [3.8, 4) is 10.7 Å². The van der Waals surface area contributed by atoms with E-state index >= 15 is 0 Å². The molecule has 2 N–H and O–H groups in total. The first-order valence-corrected chi connectivity index (χ1v) is 10.9. The third-order valence-electron chi connectivity index (χ3n) is 3.79. The maximum atomic E-state index is 6.28. The Morgan fingerprint density at radius 3 is 2.75 bits per heavy atom. The van der Waals surface area contributed by atoms with Crippen LogP contribution in [0.3, 0.4) is 0 Å². The van der Waals surface area contributed by atoms with Crippen LogP contribution in [-0.2, 0) is 0 Å². The normalized spacial score (nSPS) is 16.2. The Labute approximate surface area is 181 Å². The van der Waals surface area contributed by atoms with Crippen LogP contribution in [0.2, 0.25) is 0 Å². The number of alkyl halides is 2. The molecule has 3 heterocycles. The minimum atomic E-state index is 0. The average molecular weight is 674 g/mol. The number of nitrogens with two attached hydrogens (primary N) is 1. The minimum absolute atomic E-state index is 0. The second-order valence-electron chi connectivity index (χ2n) is 5.76. The molecule has 3 aromatic rings. The number of hydrogen-bond donors (Lipinski definition) is 1. The van der Waals surface area contributed by atoms with Crippen molar-refractivity contribution in [2.24, 2.45) is 0 Å². The van der Waals surface area contributed by atoms with E-state index in [9.17, 15) is 0 Å². The Hall–Kier alpha value is -0.158. The monoisotopic (exact) mass is 674 g/mol. The van der Waals surface area contributed by atoms with Crippen LogP contribution < -0.4 is 26.9 Å². The summed E-state index contributed by atoms with van der Waals surface area (Å²) in [6.07, 6.45) is 0. The maximum absolute atomic E-state index is 6.28. The average Bonchev–Trinajstić information content (AvgIpc) is 3.22. The third kappa shape index (κ3) is 3.82. The summed E-state index contributed by atoms with van der Waals surface area (Å²) in [5.74, 6) is 0.433. The Morgan fingerprint density at radius 2 is 2.12 bits per heavy atom. The zero-order chi connectivity index (χ0) is 15.3. The Balaban J connectivity index is 0.00000104. The van der Waals surface area contributed by atoms with Crippen molar-refractivity contribution < 1.29 is 52.3 Å². The number of aromatic nitrogens is 2. The van der Waals surface area contributed by atoms with Gasteiger partial charge in [-0.3, -0.25) is 0 Å². The molecule has 24 heavy (non-hydrogen) atoms. The molecule has 1 atom stereocenters. The topological polar surface area (TPSA) is 51.8 Å². The summed E-state index contributed by atoms with van der Waals surface area (Å²) >= 11 is 1.96. The van der Waals surface area contributed by atoms with Gasteiger partial charge in [-0.1, -0.05) is 0 Å². The summed E-state index contributed by atoms with van der Waals surface area (Å²) in [5.41, 5.74) is 11.4. The molecule has 1 aliphatic rings. The van der Waals surface area contributed by atoms with E-state index in [2.05, 4.69) is 25.3 Å². The summed E-state index contributed by atoms with van der Waals surface area (Å²) in [4.78, 5) is 9.61. The van der Waals surface area contributed by atoms with E-state index in [1.54, 1.807) is 11.3 Å². The van der Waals surface area contributed by atoms with Gasteiger partial charge in [0.1, 0.15) is 0 Å². The van der Waals surface area contributed by atoms with Crippen LogP contribution in [0, 0.1) is 44.6 Å². The summed E-state index contributed by atoms with van der Waals surface area (Å²) in [6.45, 7) is 4.32. The predicted molar refractivity (Wildman–Crippen MR) is 94.2 cm³/mol. The minimum Gasteiger partial charge on any atom is -0.358 e. The molecule has 6 heteroatoms. The molecule has 0 aliphatic carbocycles. The van der Waals surface area contributed by atoms with Crippen LogP contribution in [0.5, 0.6) is 0 Å². The third-order valence-corrected chi connectivity index (χ3v) is 7.06. The Kier molecular flexibility index (Phi) is 6.74. The number of fused-ring (bicyclic) bond motifs is 1. The predicted octanol–water partition coefficient (Wildman–Crippen LogP) is 1.46. The van der Waals surface area contributed by atoms with E-state index in [0.717, 1.165) is 33.0 Å². The number of nitrogens with zero attached hydrogens (tertiary/aromatic N) is 2. The fourth-order valence-corrected chi connectivity index (χ4v) is 5.00. The largest absolute Gasteiger partial charge is 2.00 e. The first-order chi connectivity index (χ1) is 10.6. The Morgan fingerprint density at radius 1 is 1.38 bits per heavy atom. The molecule has 124 valence electrons. The van der Waals surface area contributed by atoms with Crippen molar-refractivity contribution in [3.63, 3.8) is 0 Å². The van der Waals surface area contributed by atoms with Gasteiger partial charge < -0.3 is 7.43 Å². The summed E-state index contributed by atoms with van der Waals surface area (Å²) in [5, 5.41) is 4.12. The van der Waals surface area contributed by atoms with Crippen LogP contribution in [0.1, 0.15) is 34.9 Å². The first kappa shape index (κ1) is 20.2. The molecule has 1 saturated heterocycles. The van der Waals surface area contributed by atoms with E-state index in [1.165, 1.54) is 9.99 Å². The van der Waals surface area contributed by atoms with Gasteiger partial charge in [0.05, 0.1) is 0 Å². The first-order valence-electron chi connectivity index (χ1n) is 7.28. The number of pyridine rings is 1. The van der Waals surface area contributed by atoms with E-state index in [-0.39, 0.29) is 38.5 Å². The molecular weight excluding hydrogens is 655 g/mol. The van der Waals surface area contributed by atoms with E-state index in [1.807, 2.05) is 18.2 Å². The standard InChI is InChI=1S/C17H16IN3S.CH3.U/c1-9(2)15-8-22-17(21-15)14-6-13(19)11-5-3-4-10(12-7-18-12)16(11)20-14;;/h3,5-6,8-9,12H,7H2,1-2H3,(H2,19,20);1H3;/q-2;-1;+2. The number of halogens is 1. The molecule has 0 amide bonds. The zero-order valence-electron chi connectivity index (χ0n) is 13.9. The molecule has 0 radical (unpaired) electrons. The zero-order valence-corrected chi connectivity index (χ0v) is 21.1. The number of benzene rings is 1. The Bertz CT molecular complexity index is 859. The van der Waals surface area contributed by atoms with E-state index in [4.69, 9.17) is 15.7 Å². The number of rotatable bonds is 3. The van der Waals surface area contributed by atoms with Gasteiger partial charge in [0.2, 0.25) is 0 Å². The summed E-state index contributed by atoms with van der Waals surface area (Å²) in [7, 11) is 0. The molecule has 0 bridgehead atoms. The molecule has 1 aliphatic heterocycles. The van der Waals surface area contributed by atoms with Crippen LogP contribution in [0.25, 0.3) is 21.6 Å². The molecular formula is C18H19IN3SU-. The van der Waals surface area contributed by atoms with Gasteiger partial charge in [-0.25, -0.2) is 0 Å². The van der Waals surface area contributed by atoms with Crippen molar-refractivity contribution in [1.29, 1.82) is 0 Å². The van der Waals surface area contributed by atoms with Crippen molar-refractivity contribution in [1.82, 2.24) is 9.97 Å². The smallest absolute Gasteiger partial charge is 0.358 e. The molecule has 1 aromatic carbocycles. The van der Waals surface area contributed by atoms with Crippen LogP contribution in [-0.4, -0.2) is 14.4 Å². The van der Waals surface area contributed by atoms with E-state index in [0.29, 0.717) is 31.0 Å². The molecule has 1 unspecified atom stereocenters. The van der Waals surface area contributed by atoms with Gasteiger partial charge in [0.15, 0.2) is 0 Å². The van der Waals surface area contributed by atoms with Gasteiger partial charge in [0, 0.05) is 0 Å². The molecule has 1 fully saturated rings. The molecule has 4 rings (SSSR count). The van der Waals surface area contributed by atoms with Crippen LogP contribution in [0.4, 0.5) is 5.69 Å². The number of nitrogen functional groups attached to an aromatic ring is 1. The van der Waals surface area contributed by atoms with Gasteiger partial charge in [0.25, 0.3) is 0 Å². The quantitative estimate of drug-likeness (QED) is 0.261. The number of thiazole rings is 1. The van der Waals surface area contributed by atoms with E-state index < -0.39 is 0 Å². The van der Waals surface area contributed by atoms with Crippen LogP contribution >= 0.6 is 11.3 Å². The SMILES string of the molecule is CC(C)c1csc(-c2cc(N)c3cc[c-]c(C4C[I-]4)c3n2)n1.[CH3-].[U+2]. The van der Waals surface area contributed by atoms with Crippen molar-refractivity contribution in [2.75, 3.05) is 10.2 Å². The fraction of sp³-hybridized carbons (Fsp3) is 0.278. The number of hydrogen-bond acceptors (Lipinski definition) is 4. The number of anilines is 1. The summed E-state index contributed by atoms with van der Waals surface area (Å²) in [6, 6.07) is 9.36. The second kappa shape index (κ2) is 8.03. The maximum Gasteiger partial charge on any atom is 2.00 e. The van der Waals surface area contributed by atoms with Gasteiger partial charge >= 0.3 is 176 Å². The van der Waals surface area contributed by atoms with Crippen molar-refractivity contribution in [3.05, 3.63) is 48.3 Å². The summed E-state index contributed by atoms with van der Waals surface area (Å²) < 4.78 is 2.06. The molecule has 2 aromatic heterocycles. The van der Waals surface area contributed by atoms with Gasteiger partial charge in [-0.15, -0.1) is 0 Å². The molecule has 3 nitrogen and oxygen atoms in total. The molecule has 0 spiro atoms. The molecule has 0 saturated carbocycles. The van der Waals surface area contributed by atoms with Gasteiger partial charge in [-0.05, 0) is 0 Å². The fourth-order valence-electron chi connectivity index (χ4n) is 2.45.